The summed E-state index contributed by atoms with van der Waals surface area (Å²) in [5.74, 6) is 0.292. The molecule has 0 aliphatic carbocycles. The lowest BCUT2D eigenvalue weighted by Crippen LogP contribution is -1.93. The predicted molar refractivity (Wildman–Crippen MR) is 58.7 cm³/mol. The largest absolute Gasteiger partial charge is 0.375 e. The molecule has 5 heteroatoms. The van der Waals surface area contributed by atoms with Gasteiger partial charge in [-0.15, -0.1) is 11.3 Å². The van der Waals surface area contributed by atoms with Crippen molar-refractivity contribution in [1.29, 1.82) is 0 Å². The molecule has 0 amide bonds. The molecule has 2 rings (SSSR count). The molecule has 0 saturated carbocycles. The molecule has 2 heterocycles. The molecule has 1 radical (unpaired) electrons. The van der Waals surface area contributed by atoms with Gasteiger partial charge in [-0.05, 0) is 18.2 Å². The number of nitrogens with two attached hydrogens (primary N) is 1. The van der Waals surface area contributed by atoms with E-state index in [0.29, 0.717) is 5.95 Å². The molecule has 2 aromatic rings. The summed E-state index contributed by atoms with van der Waals surface area (Å²) in [4.78, 5) is 9.00. The van der Waals surface area contributed by atoms with E-state index in [1.165, 1.54) is 0 Å². The van der Waals surface area contributed by atoms with Crippen LogP contribution in [0.2, 0.25) is 0 Å². The van der Waals surface area contributed by atoms with Gasteiger partial charge in [-0.25, -0.2) is 9.97 Å². The Morgan fingerprint density at radius 2 is 2.21 bits per heavy atom. The average molecular weight is 205 g/mol. The topological polar surface area (TPSA) is 63.8 Å². The quantitative estimate of drug-likeness (QED) is 0.787. The van der Waals surface area contributed by atoms with E-state index in [4.69, 9.17) is 5.73 Å². The van der Waals surface area contributed by atoms with Crippen LogP contribution in [-0.4, -0.2) is 9.97 Å². The average Bonchev–Trinajstić information content (AvgIpc) is 2.66. The highest BCUT2D eigenvalue weighted by Gasteiger charge is 2.03. The number of anilines is 2. The molecule has 0 spiro atoms. The first-order valence-corrected chi connectivity index (χ1v) is 4.83. The van der Waals surface area contributed by atoms with Gasteiger partial charge in [-0.1, -0.05) is 0 Å². The van der Waals surface area contributed by atoms with Crippen molar-refractivity contribution in [3.05, 3.63) is 31.4 Å². The van der Waals surface area contributed by atoms with Crippen LogP contribution < -0.4 is 11.1 Å². The number of thiophene rings is 1. The molecule has 0 saturated heterocycles. The third-order valence-corrected chi connectivity index (χ3v) is 2.77. The van der Waals surface area contributed by atoms with Crippen molar-refractivity contribution in [2.75, 3.05) is 11.1 Å². The highest BCUT2D eigenvalue weighted by atomic mass is 32.1. The zero-order valence-electron chi connectivity index (χ0n) is 7.40. The molecule has 0 fully saturated rings. The van der Waals surface area contributed by atoms with E-state index in [9.17, 15) is 0 Å². The Hall–Kier alpha value is -1.62. The van der Waals surface area contributed by atoms with Crippen molar-refractivity contribution in [1.82, 2.24) is 9.97 Å². The van der Waals surface area contributed by atoms with Crippen LogP contribution in [-0.2, 0) is 0 Å². The van der Waals surface area contributed by atoms with E-state index in [-0.39, 0.29) is 0 Å². The van der Waals surface area contributed by atoms with Gasteiger partial charge in [-0.2, -0.15) is 0 Å². The number of hydrogen-bond donors (Lipinski definition) is 2. The third kappa shape index (κ3) is 1.67. The van der Waals surface area contributed by atoms with Crippen molar-refractivity contribution in [3.63, 3.8) is 0 Å². The normalized spacial score (nSPS) is 10.1. The van der Waals surface area contributed by atoms with Gasteiger partial charge in [0.25, 0.3) is 0 Å². The Morgan fingerprint density at radius 1 is 1.36 bits per heavy atom. The fourth-order valence-corrected chi connectivity index (χ4v) is 1.88. The number of nitrogens with one attached hydrogen (secondary N) is 1. The van der Waals surface area contributed by atoms with Gasteiger partial charge in [0.2, 0.25) is 5.95 Å². The van der Waals surface area contributed by atoms with E-state index in [1.807, 2.05) is 18.2 Å². The standard InChI is InChI=1S/C9H9N4S/c1-11-8-3-2-7(14-8)6-4-5-12-9(10)13-6/h2-5,11H,1H2,(H2,10,12,13). The molecule has 2 aromatic heterocycles. The summed E-state index contributed by atoms with van der Waals surface area (Å²) in [6, 6.07) is 5.75. The molecule has 0 aliphatic rings. The maximum absolute atomic E-state index is 5.49. The lowest BCUT2D eigenvalue weighted by atomic mass is 10.3. The van der Waals surface area contributed by atoms with E-state index in [1.54, 1.807) is 17.5 Å². The summed E-state index contributed by atoms with van der Waals surface area (Å²) in [5.41, 5.74) is 6.33. The Morgan fingerprint density at radius 3 is 2.86 bits per heavy atom. The van der Waals surface area contributed by atoms with Crippen LogP contribution in [0.15, 0.2) is 24.4 Å². The van der Waals surface area contributed by atoms with Gasteiger partial charge < -0.3 is 11.1 Å². The zero-order chi connectivity index (χ0) is 9.97. The summed E-state index contributed by atoms with van der Waals surface area (Å²) in [6.45, 7) is 0. The maximum Gasteiger partial charge on any atom is 0.220 e. The van der Waals surface area contributed by atoms with E-state index < -0.39 is 0 Å². The van der Waals surface area contributed by atoms with Crippen molar-refractivity contribution in [2.45, 2.75) is 0 Å². The second kappa shape index (κ2) is 3.63. The summed E-state index contributed by atoms with van der Waals surface area (Å²) >= 11 is 1.58. The Bertz CT molecular complexity index is 438. The first-order valence-electron chi connectivity index (χ1n) is 4.01. The van der Waals surface area contributed by atoms with Crippen molar-refractivity contribution < 1.29 is 0 Å². The summed E-state index contributed by atoms with van der Waals surface area (Å²) in [5, 5.41) is 3.82. The molecule has 14 heavy (non-hydrogen) atoms. The first kappa shape index (κ1) is 8.96. The number of hydrogen-bond acceptors (Lipinski definition) is 5. The maximum atomic E-state index is 5.49. The Labute approximate surface area is 85.8 Å². The van der Waals surface area contributed by atoms with Crippen LogP contribution >= 0.6 is 11.3 Å². The molecule has 0 bridgehead atoms. The molecule has 71 valence electrons. The number of nitrogens with zero attached hydrogens (tertiary/aromatic N) is 2. The SMILES string of the molecule is [CH2]Nc1ccc(-c2ccnc(N)n2)s1. The van der Waals surface area contributed by atoms with Gasteiger partial charge in [-0.3, -0.25) is 0 Å². The molecule has 0 atom stereocenters. The third-order valence-electron chi connectivity index (χ3n) is 1.71. The molecule has 3 N–H and O–H groups in total. The summed E-state index contributed by atoms with van der Waals surface area (Å²) in [6.07, 6.45) is 1.65. The molecule has 4 nitrogen and oxygen atoms in total. The van der Waals surface area contributed by atoms with Crippen LogP contribution in [0.25, 0.3) is 10.6 Å². The minimum atomic E-state index is 0.292. The lowest BCUT2D eigenvalue weighted by molar-refractivity contribution is 1.19. The van der Waals surface area contributed by atoms with Crippen LogP contribution in [0.3, 0.4) is 0 Å². The van der Waals surface area contributed by atoms with Crippen LogP contribution in [0, 0.1) is 7.05 Å². The smallest absolute Gasteiger partial charge is 0.220 e. The lowest BCUT2D eigenvalue weighted by Gasteiger charge is -1.96. The van der Waals surface area contributed by atoms with Gasteiger partial charge in [0.1, 0.15) is 0 Å². The van der Waals surface area contributed by atoms with Crippen LogP contribution in [0.1, 0.15) is 0 Å². The second-order valence-corrected chi connectivity index (χ2v) is 3.72. The number of nitrogen functional groups attached to an aromatic ring is 1. The highest BCUT2D eigenvalue weighted by molar-refractivity contribution is 7.19. The minimum Gasteiger partial charge on any atom is -0.375 e. The van der Waals surface area contributed by atoms with Gasteiger partial charge in [0, 0.05) is 13.2 Å². The summed E-state index contributed by atoms with van der Waals surface area (Å²) in [7, 11) is 3.58. The van der Waals surface area contributed by atoms with Gasteiger partial charge in [0.15, 0.2) is 0 Å². The molecular formula is C9H9N4S. The fourth-order valence-electron chi connectivity index (χ4n) is 1.08. The second-order valence-electron chi connectivity index (χ2n) is 2.64. The summed E-state index contributed by atoms with van der Waals surface area (Å²) < 4.78 is 0. The fraction of sp³-hybridized carbons (Fsp3) is 0. The zero-order valence-corrected chi connectivity index (χ0v) is 8.21. The highest BCUT2D eigenvalue weighted by Crippen LogP contribution is 2.29. The van der Waals surface area contributed by atoms with Crippen molar-refractivity contribution in [3.8, 4) is 10.6 Å². The minimum absolute atomic E-state index is 0.292. The molecule has 0 aliphatic heterocycles. The van der Waals surface area contributed by atoms with Gasteiger partial charge in [0.05, 0.1) is 15.6 Å². The molecule has 0 aromatic carbocycles. The predicted octanol–water partition coefficient (Wildman–Crippen LogP) is 1.99. The van der Waals surface area contributed by atoms with Crippen LogP contribution in [0.4, 0.5) is 10.9 Å². The Balaban J connectivity index is 2.39. The first-order chi connectivity index (χ1) is 6.79. The van der Waals surface area contributed by atoms with E-state index in [2.05, 4.69) is 22.3 Å². The van der Waals surface area contributed by atoms with E-state index >= 15 is 0 Å². The van der Waals surface area contributed by atoms with E-state index in [0.717, 1.165) is 15.6 Å². The molecule has 0 unspecified atom stereocenters. The Kier molecular flexibility index (Phi) is 2.32. The number of aromatic nitrogens is 2. The van der Waals surface area contributed by atoms with Crippen LogP contribution in [0.5, 0.6) is 0 Å². The number of rotatable bonds is 2. The van der Waals surface area contributed by atoms with Crippen molar-refractivity contribution in [2.24, 2.45) is 0 Å². The monoisotopic (exact) mass is 205 g/mol. The molecular weight excluding hydrogens is 196 g/mol. The van der Waals surface area contributed by atoms with Gasteiger partial charge >= 0.3 is 0 Å². The van der Waals surface area contributed by atoms with Crippen molar-refractivity contribution >= 4 is 22.3 Å².